The van der Waals surface area contributed by atoms with E-state index < -0.39 is 0 Å². The standard InChI is InChI=1S/C7H5IN2O2/c1-4-5(2-3-11-4)6-9-10-7(8)12-6/h2-3H,1H3. The highest BCUT2D eigenvalue weighted by Crippen LogP contribution is 2.22. The van der Waals surface area contributed by atoms with Crippen LogP contribution in [0.15, 0.2) is 21.2 Å². The Morgan fingerprint density at radius 3 is 2.75 bits per heavy atom. The SMILES string of the molecule is Cc1occc1-c1nnc(I)o1. The number of nitrogens with zero attached hydrogens (tertiary/aromatic N) is 2. The molecule has 2 rings (SSSR count). The fourth-order valence-electron chi connectivity index (χ4n) is 0.921. The highest BCUT2D eigenvalue weighted by Gasteiger charge is 2.10. The lowest BCUT2D eigenvalue weighted by Gasteiger charge is -1.87. The molecule has 0 saturated carbocycles. The third-order valence-corrected chi connectivity index (χ3v) is 1.93. The van der Waals surface area contributed by atoms with Gasteiger partial charge in [0.1, 0.15) is 5.76 Å². The van der Waals surface area contributed by atoms with E-state index in [1.54, 1.807) is 12.3 Å². The summed E-state index contributed by atoms with van der Waals surface area (Å²) in [5, 5.41) is 7.58. The van der Waals surface area contributed by atoms with Crippen molar-refractivity contribution in [3.63, 3.8) is 0 Å². The Hall–Kier alpha value is -0.850. The Morgan fingerprint density at radius 2 is 2.25 bits per heavy atom. The van der Waals surface area contributed by atoms with Gasteiger partial charge in [-0.25, -0.2) is 0 Å². The van der Waals surface area contributed by atoms with Gasteiger partial charge in [0.05, 0.1) is 11.8 Å². The maximum absolute atomic E-state index is 5.21. The van der Waals surface area contributed by atoms with E-state index in [1.165, 1.54) is 0 Å². The molecule has 2 aromatic heterocycles. The molecule has 0 spiro atoms. The summed E-state index contributed by atoms with van der Waals surface area (Å²) in [5.41, 5.74) is 0.852. The molecule has 0 fully saturated rings. The second-order valence-corrected chi connectivity index (χ2v) is 3.17. The molecular formula is C7H5IN2O2. The molecule has 0 aromatic carbocycles. The van der Waals surface area contributed by atoms with Crippen LogP contribution in [0.3, 0.4) is 0 Å². The summed E-state index contributed by atoms with van der Waals surface area (Å²) in [7, 11) is 0. The monoisotopic (exact) mass is 276 g/mol. The number of hydrogen-bond donors (Lipinski definition) is 0. The second kappa shape index (κ2) is 2.89. The van der Waals surface area contributed by atoms with E-state index in [4.69, 9.17) is 8.83 Å². The molecule has 0 N–H and O–H groups in total. The van der Waals surface area contributed by atoms with Crippen molar-refractivity contribution in [2.24, 2.45) is 0 Å². The van der Waals surface area contributed by atoms with Crippen molar-refractivity contribution in [2.45, 2.75) is 6.92 Å². The van der Waals surface area contributed by atoms with Gasteiger partial charge in [0.25, 0.3) is 9.79 Å². The van der Waals surface area contributed by atoms with Crippen LogP contribution in [0, 0.1) is 10.8 Å². The van der Waals surface area contributed by atoms with Gasteiger partial charge < -0.3 is 8.83 Å². The summed E-state index contributed by atoms with van der Waals surface area (Å²) < 4.78 is 10.8. The van der Waals surface area contributed by atoms with Crippen LogP contribution < -0.4 is 0 Å². The predicted octanol–water partition coefficient (Wildman–Crippen LogP) is 2.24. The van der Waals surface area contributed by atoms with Crippen molar-refractivity contribution in [3.8, 4) is 11.5 Å². The maximum Gasteiger partial charge on any atom is 0.278 e. The van der Waals surface area contributed by atoms with Crippen molar-refractivity contribution in [3.05, 3.63) is 22.0 Å². The van der Waals surface area contributed by atoms with Gasteiger partial charge in [0.15, 0.2) is 0 Å². The van der Waals surface area contributed by atoms with Gasteiger partial charge in [-0.1, -0.05) is 0 Å². The summed E-state index contributed by atoms with van der Waals surface area (Å²) in [5.74, 6) is 1.29. The number of halogens is 1. The summed E-state index contributed by atoms with van der Waals surface area (Å²) in [6.45, 7) is 1.85. The predicted molar refractivity (Wildman–Crippen MR) is 49.5 cm³/mol. The van der Waals surface area contributed by atoms with E-state index in [0.29, 0.717) is 9.79 Å². The Balaban J connectivity index is 2.50. The zero-order valence-corrected chi connectivity index (χ0v) is 8.40. The molecule has 62 valence electrons. The van der Waals surface area contributed by atoms with Crippen molar-refractivity contribution in [1.29, 1.82) is 0 Å². The molecule has 0 amide bonds. The molecule has 4 nitrogen and oxygen atoms in total. The molecule has 0 radical (unpaired) electrons. The van der Waals surface area contributed by atoms with Crippen molar-refractivity contribution < 1.29 is 8.83 Å². The molecule has 12 heavy (non-hydrogen) atoms. The van der Waals surface area contributed by atoms with Crippen molar-refractivity contribution in [1.82, 2.24) is 10.2 Å². The molecule has 5 heteroatoms. The quantitative estimate of drug-likeness (QED) is 0.749. The minimum absolute atomic E-state index is 0.505. The summed E-state index contributed by atoms with van der Waals surface area (Å²) in [6, 6.07) is 1.80. The lowest BCUT2D eigenvalue weighted by Crippen LogP contribution is -1.76. The minimum Gasteiger partial charge on any atom is -0.469 e. The fourth-order valence-corrected chi connectivity index (χ4v) is 1.24. The Labute approximate surface area is 82.1 Å². The van der Waals surface area contributed by atoms with Crippen LogP contribution >= 0.6 is 22.6 Å². The van der Waals surface area contributed by atoms with Crippen LogP contribution in [0.2, 0.25) is 0 Å². The van der Waals surface area contributed by atoms with Crippen LogP contribution in [0.5, 0.6) is 0 Å². The lowest BCUT2D eigenvalue weighted by molar-refractivity contribution is 0.521. The number of rotatable bonds is 1. The summed E-state index contributed by atoms with van der Waals surface area (Å²) >= 11 is 1.97. The molecule has 2 heterocycles. The van der Waals surface area contributed by atoms with Crippen LogP contribution in [0.1, 0.15) is 5.76 Å². The zero-order chi connectivity index (χ0) is 8.55. The summed E-state index contributed by atoms with van der Waals surface area (Å²) in [6.07, 6.45) is 1.60. The van der Waals surface area contributed by atoms with Gasteiger partial charge in [-0.3, -0.25) is 0 Å². The fraction of sp³-hybridized carbons (Fsp3) is 0.143. The van der Waals surface area contributed by atoms with Crippen LogP contribution in [-0.4, -0.2) is 10.2 Å². The van der Waals surface area contributed by atoms with Gasteiger partial charge in [-0.05, 0) is 13.0 Å². The minimum atomic E-state index is 0.505. The Kier molecular flexibility index (Phi) is 1.87. The van der Waals surface area contributed by atoms with E-state index >= 15 is 0 Å². The third kappa shape index (κ3) is 1.24. The smallest absolute Gasteiger partial charge is 0.278 e. The number of furan rings is 1. The Bertz CT molecular complexity index is 394. The number of aryl methyl sites for hydroxylation is 1. The highest BCUT2D eigenvalue weighted by molar-refractivity contribution is 14.1. The first kappa shape index (κ1) is 7.78. The molecular weight excluding hydrogens is 271 g/mol. The molecule has 0 aliphatic carbocycles. The number of hydrogen-bond acceptors (Lipinski definition) is 4. The molecule has 0 aliphatic heterocycles. The zero-order valence-electron chi connectivity index (χ0n) is 6.24. The topological polar surface area (TPSA) is 52.1 Å². The Morgan fingerprint density at radius 1 is 1.42 bits per heavy atom. The molecule has 0 aliphatic rings. The maximum atomic E-state index is 5.21. The average Bonchev–Trinajstić information content (AvgIpc) is 2.58. The molecule has 0 saturated heterocycles. The first-order chi connectivity index (χ1) is 5.77. The van der Waals surface area contributed by atoms with E-state index in [1.807, 2.05) is 29.5 Å². The molecule has 0 unspecified atom stereocenters. The first-order valence-electron chi connectivity index (χ1n) is 3.31. The van der Waals surface area contributed by atoms with Gasteiger partial charge in [0.2, 0.25) is 0 Å². The molecule has 0 bridgehead atoms. The van der Waals surface area contributed by atoms with Gasteiger partial charge in [0, 0.05) is 22.6 Å². The largest absolute Gasteiger partial charge is 0.469 e. The van der Waals surface area contributed by atoms with Crippen molar-refractivity contribution in [2.75, 3.05) is 0 Å². The van der Waals surface area contributed by atoms with Crippen LogP contribution in [0.25, 0.3) is 11.5 Å². The van der Waals surface area contributed by atoms with Crippen molar-refractivity contribution >= 4 is 22.6 Å². The normalized spacial score (nSPS) is 10.5. The lowest BCUT2D eigenvalue weighted by atomic mass is 10.3. The second-order valence-electron chi connectivity index (χ2n) is 2.25. The van der Waals surface area contributed by atoms with Crippen LogP contribution in [-0.2, 0) is 0 Å². The third-order valence-electron chi connectivity index (χ3n) is 1.49. The molecule has 2 aromatic rings. The number of aromatic nitrogens is 2. The van der Waals surface area contributed by atoms with E-state index in [-0.39, 0.29) is 0 Å². The molecule has 0 atom stereocenters. The van der Waals surface area contributed by atoms with Crippen LogP contribution in [0.4, 0.5) is 0 Å². The summed E-state index contributed by atoms with van der Waals surface area (Å²) in [4.78, 5) is 0. The highest BCUT2D eigenvalue weighted by atomic mass is 127. The first-order valence-corrected chi connectivity index (χ1v) is 4.39. The van der Waals surface area contributed by atoms with Gasteiger partial charge in [-0.15, -0.1) is 10.2 Å². The van der Waals surface area contributed by atoms with E-state index in [2.05, 4.69) is 10.2 Å². The van der Waals surface area contributed by atoms with Gasteiger partial charge in [-0.2, -0.15) is 0 Å². The van der Waals surface area contributed by atoms with Gasteiger partial charge >= 0.3 is 0 Å². The average molecular weight is 276 g/mol. The van der Waals surface area contributed by atoms with E-state index in [0.717, 1.165) is 11.3 Å². The van der Waals surface area contributed by atoms with E-state index in [9.17, 15) is 0 Å².